The molecule has 1 unspecified atom stereocenters. The minimum absolute atomic E-state index is 0.352. The summed E-state index contributed by atoms with van der Waals surface area (Å²) in [6.45, 7) is 1.60. The second-order valence-electron chi connectivity index (χ2n) is 3.10. The first-order valence-electron chi connectivity index (χ1n) is 4.68. The van der Waals surface area contributed by atoms with Gasteiger partial charge in [0.1, 0.15) is 6.61 Å². The Hall–Kier alpha value is -0.780. The Morgan fingerprint density at radius 1 is 1.40 bits per heavy atom. The van der Waals surface area contributed by atoms with Crippen molar-refractivity contribution in [3.8, 4) is 0 Å². The van der Waals surface area contributed by atoms with E-state index in [-0.39, 0.29) is 6.61 Å². The number of carbonyl (C=O) groups is 1. The molecule has 0 heterocycles. The number of halogens is 3. The van der Waals surface area contributed by atoms with Gasteiger partial charge in [-0.15, -0.1) is 0 Å². The maximum atomic E-state index is 11.7. The van der Waals surface area contributed by atoms with Gasteiger partial charge in [-0.25, -0.2) is 4.79 Å². The van der Waals surface area contributed by atoms with Crippen LogP contribution in [0.25, 0.3) is 0 Å². The highest BCUT2D eigenvalue weighted by atomic mass is 19.4. The van der Waals surface area contributed by atoms with Crippen molar-refractivity contribution in [3.63, 3.8) is 0 Å². The number of hydrogen-bond acceptors (Lipinski definition) is 3. The molecular weight excluding hydrogens is 213 g/mol. The van der Waals surface area contributed by atoms with Crippen LogP contribution in [0.3, 0.4) is 0 Å². The van der Waals surface area contributed by atoms with Crippen LogP contribution >= 0.6 is 0 Å². The monoisotopic (exact) mass is 228 g/mol. The first-order chi connectivity index (χ1) is 6.91. The summed E-state index contributed by atoms with van der Waals surface area (Å²) < 4.78 is 44.2. The maximum Gasteiger partial charge on any atom is 0.490 e. The lowest BCUT2D eigenvalue weighted by Gasteiger charge is -2.15. The number of rotatable bonds is 6. The second-order valence-corrected chi connectivity index (χ2v) is 3.10. The molecule has 0 bridgehead atoms. The molecule has 0 aliphatic carbocycles. The van der Waals surface area contributed by atoms with Crippen LogP contribution in [-0.4, -0.2) is 32.0 Å². The third-order valence-corrected chi connectivity index (χ3v) is 1.84. The van der Waals surface area contributed by atoms with Crippen LogP contribution in [0.15, 0.2) is 0 Å². The van der Waals surface area contributed by atoms with E-state index in [1.807, 2.05) is 6.92 Å². The molecule has 1 atom stereocenters. The van der Waals surface area contributed by atoms with Crippen LogP contribution in [-0.2, 0) is 14.3 Å². The molecule has 15 heavy (non-hydrogen) atoms. The van der Waals surface area contributed by atoms with Crippen molar-refractivity contribution in [1.82, 2.24) is 0 Å². The molecule has 0 rings (SSSR count). The summed E-state index contributed by atoms with van der Waals surface area (Å²) in [7, 11) is 1.38. The first kappa shape index (κ1) is 14.2. The predicted molar refractivity (Wildman–Crippen MR) is 47.3 cm³/mol. The Morgan fingerprint density at radius 3 is 2.40 bits per heavy atom. The summed E-state index contributed by atoms with van der Waals surface area (Å²) in [5.41, 5.74) is 0. The number of alkyl halides is 3. The van der Waals surface area contributed by atoms with Crippen LogP contribution in [0.4, 0.5) is 13.2 Å². The van der Waals surface area contributed by atoms with Gasteiger partial charge in [0.2, 0.25) is 0 Å². The van der Waals surface area contributed by atoms with Gasteiger partial charge >= 0.3 is 12.1 Å². The lowest BCUT2D eigenvalue weighted by Crippen LogP contribution is -2.29. The molecule has 0 aliphatic heterocycles. The largest absolute Gasteiger partial charge is 0.490 e. The minimum atomic E-state index is -4.93. The van der Waals surface area contributed by atoms with Crippen LogP contribution in [0.5, 0.6) is 0 Å². The highest BCUT2D eigenvalue weighted by Crippen LogP contribution is 2.17. The van der Waals surface area contributed by atoms with E-state index in [1.165, 1.54) is 7.11 Å². The molecule has 90 valence electrons. The molecule has 0 saturated heterocycles. The molecule has 6 heteroatoms. The van der Waals surface area contributed by atoms with E-state index in [0.717, 1.165) is 12.8 Å². The third-order valence-electron chi connectivity index (χ3n) is 1.84. The molecular formula is C9H15F3O3. The lowest BCUT2D eigenvalue weighted by atomic mass is 10.2. The standard InChI is InChI=1S/C9H15F3O3/c1-3-4-5-7(14-2)6-15-8(13)9(10,11)12/h7H,3-6H2,1-2H3. The van der Waals surface area contributed by atoms with Crippen LogP contribution in [0.2, 0.25) is 0 Å². The fourth-order valence-electron chi connectivity index (χ4n) is 0.951. The van der Waals surface area contributed by atoms with Crippen molar-refractivity contribution >= 4 is 5.97 Å². The van der Waals surface area contributed by atoms with E-state index < -0.39 is 18.2 Å². The summed E-state index contributed by atoms with van der Waals surface area (Å²) in [6.07, 6.45) is -3.08. The van der Waals surface area contributed by atoms with Crippen molar-refractivity contribution in [2.75, 3.05) is 13.7 Å². The summed E-state index contributed by atoms with van der Waals surface area (Å²) in [5, 5.41) is 0. The number of ether oxygens (including phenoxy) is 2. The Balaban J connectivity index is 3.85. The highest BCUT2D eigenvalue weighted by Gasteiger charge is 2.41. The molecule has 0 aromatic rings. The van der Waals surface area contributed by atoms with Gasteiger partial charge in [0.05, 0.1) is 6.10 Å². The highest BCUT2D eigenvalue weighted by molar-refractivity contribution is 5.75. The summed E-state index contributed by atoms with van der Waals surface area (Å²) >= 11 is 0. The van der Waals surface area contributed by atoms with Crippen molar-refractivity contribution in [2.45, 2.75) is 38.5 Å². The molecule has 0 fully saturated rings. The van der Waals surface area contributed by atoms with E-state index in [9.17, 15) is 18.0 Å². The van der Waals surface area contributed by atoms with E-state index in [2.05, 4.69) is 4.74 Å². The Kier molecular flexibility index (Phi) is 6.31. The van der Waals surface area contributed by atoms with Gasteiger partial charge in [-0.05, 0) is 6.42 Å². The summed E-state index contributed by atoms with van der Waals surface area (Å²) in [4.78, 5) is 10.4. The predicted octanol–water partition coefficient (Wildman–Crippen LogP) is 2.30. The van der Waals surface area contributed by atoms with E-state index in [1.54, 1.807) is 0 Å². The molecule has 0 aromatic heterocycles. The SMILES string of the molecule is CCCCC(COC(=O)C(F)(F)F)OC. The van der Waals surface area contributed by atoms with Gasteiger partial charge < -0.3 is 9.47 Å². The van der Waals surface area contributed by atoms with E-state index in [0.29, 0.717) is 6.42 Å². The first-order valence-corrected chi connectivity index (χ1v) is 4.68. The fourth-order valence-corrected chi connectivity index (χ4v) is 0.951. The number of unbranched alkanes of at least 4 members (excludes halogenated alkanes) is 1. The van der Waals surface area contributed by atoms with Crippen LogP contribution in [0.1, 0.15) is 26.2 Å². The average Bonchev–Trinajstić information content (AvgIpc) is 2.16. The molecule has 0 saturated carbocycles. The molecule has 0 aromatic carbocycles. The zero-order valence-corrected chi connectivity index (χ0v) is 8.76. The molecule has 3 nitrogen and oxygen atoms in total. The van der Waals surface area contributed by atoms with E-state index in [4.69, 9.17) is 4.74 Å². The lowest BCUT2D eigenvalue weighted by molar-refractivity contribution is -0.202. The van der Waals surface area contributed by atoms with Gasteiger partial charge in [-0.3, -0.25) is 0 Å². The second kappa shape index (κ2) is 6.66. The number of esters is 1. The van der Waals surface area contributed by atoms with Gasteiger partial charge in [-0.2, -0.15) is 13.2 Å². The molecule has 0 amide bonds. The number of carbonyl (C=O) groups excluding carboxylic acids is 1. The zero-order chi connectivity index (χ0) is 11.9. The molecule has 0 radical (unpaired) electrons. The fraction of sp³-hybridized carbons (Fsp3) is 0.889. The Morgan fingerprint density at radius 2 is 2.00 bits per heavy atom. The van der Waals surface area contributed by atoms with Gasteiger partial charge in [0.25, 0.3) is 0 Å². The third kappa shape index (κ3) is 6.33. The van der Waals surface area contributed by atoms with Gasteiger partial charge in [0.15, 0.2) is 0 Å². The number of hydrogen-bond donors (Lipinski definition) is 0. The number of methoxy groups -OCH3 is 1. The molecule has 0 N–H and O–H groups in total. The topological polar surface area (TPSA) is 35.5 Å². The summed E-state index contributed by atoms with van der Waals surface area (Å²) in [5.74, 6) is -2.17. The van der Waals surface area contributed by atoms with Crippen molar-refractivity contribution in [1.29, 1.82) is 0 Å². The maximum absolute atomic E-state index is 11.7. The minimum Gasteiger partial charge on any atom is -0.456 e. The smallest absolute Gasteiger partial charge is 0.456 e. The Labute approximate surface area is 86.5 Å². The van der Waals surface area contributed by atoms with Crippen molar-refractivity contribution in [3.05, 3.63) is 0 Å². The summed E-state index contributed by atoms with van der Waals surface area (Å²) in [6, 6.07) is 0. The normalized spacial score (nSPS) is 13.7. The zero-order valence-electron chi connectivity index (χ0n) is 8.76. The van der Waals surface area contributed by atoms with Gasteiger partial charge in [-0.1, -0.05) is 19.8 Å². The average molecular weight is 228 g/mol. The van der Waals surface area contributed by atoms with Crippen molar-refractivity contribution in [2.24, 2.45) is 0 Å². The van der Waals surface area contributed by atoms with E-state index >= 15 is 0 Å². The van der Waals surface area contributed by atoms with Crippen LogP contribution in [0, 0.1) is 0 Å². The quantitative estimate of drug-likeness (QED) is 0.654. The Bertz CT molecular complexity index is 192. The molecule has 0 spiro atoms. The van der Waals surface area contributed by atoms with Crippen molar-refractivity contribution < 1.29 is 27.4 Å². The molecule has 0 aliphatic rings. The van der Waals surface area contributed by atoms with Crippen LogP contribution < -0.4 is 0 Å². The van der Waals surface area contributed by atoms with Gasteiger partial charge in [0, 0.05) is 7.11 Å².